The zero-order valence-electron chi connectivity index (χ0n) is 5.50. The lowest BCUT2D eigenvalue weighted by atomic mass is 10.2. The first kappa shape index (κ1) is 8.32. The van der Waals surface area contributed by atoms with E-state index in [1.807, 2.05) is 0 Å². The molecule has 0 fully saturated rings. The Morgan fingerprint density at radius 1 is 1.18 bits per heavy atom. The number of rotatable bonds is 1. The minimum Gasteiger partial charge on any atom is -0.207 e. The van der Waals surface area contributed by atoms with Gasteiger partial charge in [0.1, 0.15) is 5.82 Å². The molecule has 0 amide bonds. The predicted molar refractivity (Wildman–Crippen MR) is 35.8 cm³/mol. The van der Waals surface area contributed by atoms with Crippen molar-refractivity contribution in [2.24, 2.45) is 0 Å². The van der Waals surface area contributed by atoms with Gasteiger partial charge in [0, 0.05) is 16.3 Å². The molecule has 57 valence electrons. The molecule has 0 aliphatic rings. The molecule has 0 heterocycles. The van der Waals surface area contributed by atoms with Crippen molar-refractivity contribution in [2.45, 2.75) is 6.04 Å². The normalized spacial score (nSPS) is 10.2. The number of hydrogen-bond donors (Lipinski definition) is 0. The first-order chi connectivity index (χ1) is 5.15. The van der Waals surface area contributed by atoms with Gasteiger partial charge in [-0.25, -0.2) is 13.2 Å². The summed E-state index contributed by atoms with van der Waals surface area (Å²) in [5.74, 6) is -2.92. The molecular weight excluding hydrogens is 169 g/mol. The lowest BCUT2D eigenvalue weighted by Gasteiger charge is -1.99. The highest BCUT2D eigenvalue weighted by Gasteiger charge is 2.08. The molecule has 1 aromatic carbocycles. The molecule has 4 heteroatoms. The summed E-state index contributed by atoms with van der Waals surface area (Å²) < 4.78 is 37.4. The van der Waals surface area contributed by atoms with Gasteiger partial charge in [0.25, 0.3) is 0 Å². The van der Waals surface area contributed by atoms with Gasteiger partial charge >= 0.3 is 0 Å². The second kappa shape index (κ2) is 3.09. The van der Waals surface area contributed by atoms with Gasteiger partial charge < -0.3 is 0 Å². The summed E-state index contributed by atoms with van der Waals surface area (Å²) in [7, 11) is 2.95. The van der Waals surface area contributed by atoms with Crippen molar-refractivity contribution in [3.63, 3.8) is 0 Å². The largest absolute Gasteiger partial charge is 0.207 e. The summed E-state index contributed by atoms with van der Waals surface area (Å²) in [4.78, 5) is 0. The molecule has 1 aromatic rings. The minimum atomic E-state index is -1.15. The second-order valence-electron chi connectivity index (χ2n) is 2.04. The maximum atomic E-state index is 12.6. The molecule has 0 atom stereocenters. The second-order valence-corrected chi connectivity index (χ2v) is 2.39. The molecule has 0 nitrogen and oxygen atoms in total. The summed E-state index contributed by atoms with van der Waals surface area (Å²) in [5.41, 5.74) is -0.0147. The standard InChI is InChI=1S/C7H4F3Si/c8-5-1-4(3-11)7(10)6(9)2-5/h1-2H,3H2. The van der Waals surface area contributed by atoms with E-state index < -0.39 is 17.5 Å². The van der Waals surface area contributed by atoms with E-state index in [-0.39, 0.29) is 11.6 Å². The molecule has 0 N–H and O–H groups in total. The molecule has 0 aliphatic carbocycles. The highest BCUT2D eigenvalue weighted by molar-refractivity contribution is 6.08. The Morgan fingerprint density at radius 2 is 1.82 bits per heavy atom. The molecule has 3 radical (unpaired) electrons. The Kier molecular flexibility index (Phi) is 2.33. The lowest BCUT2D eigenvalue weighted by molar-refractivity contribution is 0.488. The van der Waals surface area contributed by atoms with Crippen molar-refractivity contribution in [2.75, 3.05) is 0 Å². The van der Waals surface area contributed by atoms with Crippen molar-refractivity contribution in [1.82, 2.24) is 0 Å². The van der Waals surface area contributed by atoms with E-state index in [9.17, 15) is 13.2 Å². The van der Waals surface area contributed by atoms with E-state index in [1.54, 1.807) is 0 Å². The van der Waals surface area contributed by atoms with Gasteiger partial charge in [-0.2, -0.15) is 0 Å². The molecule has 1 rings (SSSR count). The highest BCUT2D eigenvalue weighted by atomic mass is 28.1. The molecule has 0 spiro atoms. The van der Waals surface area contributed by atoms with Crippen LogP contribution in [-0.4, -0.2) is 10.2 Å². The Bertz CT molecular complexity index is 273. The third kappa shape index (κ3) is 1.62. The van der Waals surface area contributed by atoms with Gasteiger partial charge in [-0.05, 0) is 17.7 Å². The van der Waals surface area contributed by atoms with Crippen LogP contribution in [0.2, 0.25) is 0 Å². The first-order valence-corrected chi connectivity index (χ1v) is 3.64. The summed E-state index contributed by atoms with van der Waals surface area (Å²) in [6.45, 7) is 0. The Hall–Kier alpha value is -0.773. The zero-order chi connectivity index (χ0) is 8.43. The van der Waals surface area contributed by atoms with Crippen molar-refractivity contribution >= 4 is 10.2 Å². The SMILES string of the molecule is Fc1cc(F)c(F)c(C[Si])c1. The molecule has 0 saturated carbocycles. The Balaban J connectivity index is 3.24. The van der Waals surface area contributed by atoms with Gasteiger partial charge in [-0.15, -0.1) is 0 Å². The molecule has 0 saturated heterocycles. The third-order valence-electron chi connectivity index (χ3n) is 1.26. The van der Waals surface area contributed by atoms with Crippen LogP contribution < -0.4 is 0 Å². The maximum absolute atomic E-state index is 12.6. The van der Waals surface area contributed by atoms with Gasteiger partial charge in [-0.1, -0.05) is 0 Å². The predicted octanol–water partition coefficient (Wildman–Crippen LogP) is 1.77. The van der Waals surface area contributed by atoms with Gasteiger partial charge in [-0.3, -0.25) is 0 Å². The fraction of sp³-hybridized carbons (Fsp3) is 0.143. The van der Waals surface area contributed by atoms with Crippen LogP contribution in [0.3, 0.4) is 0 Å². The number of benzene rings is 1. The molecular formula is C7H4F3Si. The van der Waals surface area contributed by atoms with E-state index >= 15 is 0 Å². The Labute approximate surface area is 65.5 Å². The molecule has 0 aromatic heterocycles. The van der Waals surface area contributed by atoms with Crippen LogP contribution in [0.25, 0.3) is 0 Å². The lowest BCUT2D eigenvalue weighted by Crippen LogP contribution is -1.95. The number of hydrogen-bond acceptors (Lipinski definition) is 0. The van der Waals surface area contributed by atoms with Crippen LogP contribution in [-0.2, 0) is 6.04 Å². The summed E-state index contributed by atoms with van der Waals surface area (Å²) >= 11 is 0. The minimum absolute atomic E-state index is 0.0147. The van der Waals surface area contributed by atoms with Crippen LogP contribution in [0.4, 0.5) is 13.2 Å². The van der Waals surface area contributed by atoms with Crippen LogP contribution in [0.5, 0.6) is 0 Å². The van der Waals surface area contributed by atoms with E-state index in [4.69, 9.17) is 0 Å². The average molecular weight is 173 g/mol. The van der Waals surface area contributed by atoms with Crippen molar-refractivity contribution in [3.05, 3.63) is 35.1 Å². The summed E-state index contributed by atoms with van der Waals surface area (Å²) in [6, 6.07) is 1.56. The van der Waals surface area contributed by atoms with Crippen LogP contribution in [0, 0.1) is 17.5 Å². The third-order valence-corrected chi connectivity index (χ3v) is 1.64. The van der Waals surface area contributed by atoms with Gasteiger partial charge in [0.2, 0.25) is 0 Å². The summed E-state index contributed by atoms with van der Waals surface area (Å²) in [5, 5.41) is 0. The zero-order valence-corrected chi connectivity index (χ0v) is 6.50. The highest BCUT2D eigenvalue weighted by Crippen LogP contribution is 2.13. The fourth-order valence-corrected chi connectivity index (χ4v) is 0.995. The average Bonchev–Trinajstić information content (AvgIpc) is 1.96. The summed E-state index contributed by atoms with van der Waals surface area (Å²) in [6.07, 6.45) is 0. The van der Waals surface area contributed by atoms with E-state index in [1.165, 1.54) is 0 Å². The maximum Gasteiger partial charge on any atom is 0.162 e. The van der Waals surface area contributed by atoms with Crippen LogP contribution >= 0.6 is 0 Å². The molecule has 0 aliphatic heterocycles. The van der Waals surface area contributed by atoms with Crippen LogP contribution in [0.15, 0.2) is 12.1 Å². The van der Waals surface area contributed by atoms with Crippen molar-refractivity contribution < 1.29 is 13.2 Å². The topological polar surface area (TPSA) is 0 Å². The van der Waals surface area contributed by atoms with Gasteiger partial charge in [0.05, 0.1) is 0 Å². The van der Waals surface area contributed by atoms with Crippen LogP contribution in [0.1, 0.15) is 5.56 Å². The smallest absolute Gasteiger partial charge is 0.162 e. The number of halogens is 3. The first-order valence-electron chi connectivity index (χ1n) is 2.93. The quantitative estimate of drug-likeness (QED) is 0.448. The van der Waals surface area contributed by atoms with E-state index in [0.29, 0.717) is 6.07 Å². The molecule has 11 heavy (non-hydrogen) atoms. The fourth-order valence-electron chi connectivity index (χ4n) is 0.738. The molecule has 0 bridgehead atoms. The van der Waals surface area contributed by atoms with E-state index in [0.717, 1.165) is 6.07 Å². The van der Waals surface area contributed by atoms with Gasteiger partial charge in [0.15, 0.2) is 11.6 Å². The monoisotopic (exact) mass is 173 g/mol. The van der Waals surface area contributed by atoms with Crippen molar-refractivity contribution in [3.8, 4) is 0 Å². The van der Waals surface area contributed by atoms with E-state index in [2.05, 4.69) is 10.2 Å². The Morgan fingerprint density at radius 3 is 2.36 bits per heavy atom. The molecule has 0 unspecified atom stereocenters. The van der Waals surface area contributed by atoms with Crippen molar-refractivity contribution in [1.29, 1.82) is 0 Å².